The molecule has 0 saturated heterocycles. The predicted molar refractivity (Wildman–Crippen MR) is 77.0 cm³/mol. The minimum absolute atomic E-state index is 0.103. The lowest BCUT2D eigenvalue weighted by Crippen LogP contribution is -2.29. The highest BCUT2D eigenvalue weighted by molar-refractivity contribution is 7.09. The standard InChI is InChI=1S/C13H16N4OS/c1-17(7-5-11-3-2-8-19-11)13(18)12-9-10(16-14)4-6-15-12/h2-4,6,8-9H,5,7,14H2,1H3,(H,15,16). The summed E-state index contributed by atoms with van der Waals surface area (Å²) in [7, 11) is 1.78. The summed E-state index contributed by atoms with van der Waals surface area (Å²) >= 11 is 1.70. The van der Waals surface area contributed by atoms with E-state index < -0.39 is 0 Å². The zero-order valence-corrected chi connectivity index (χ0v) is 11.5. The van der Waals surface area contributed by atoms with Crippen LogP contribution in [-0.2, 0) is 6.42 Å². The third-order valence-electron chi connectivity index (χ3n) is 2.77. The Labute approximate surface area is 116 Å². The molecular weight excluding hydrogens is 260 g/mol. The van der Waals surface area contributed by atoms with Crippen LogP contribution in [0.2, 0.25) is 0 Å². The molecule has 2 heterocycles. The van der Waals surface area contributed by atoms with Gasteiger partial charge >= 0.3 is 0 Å². The van der Waals surface area contributed by atoms with Crippen molar-refractivity contribution in [3.05, 3.63) is 46.4 Å². The largest absolute Gasteiger partial charge is 0.340 e. The first-order chi connectivity index (χ1) is 9.20. The SMILES string of the molecule is CN(CCc1cccs1)C(=O)c1cc(NN)ccn1. The predicted octanol–water partition coefficient (Wildman–Crippen LogP) is 1.74. The molecule has 2 rings (SSSR count). The number of hydrazine groups is 1. The quantitative estimate of drug-likeness (QED) is 0.644. The lowest BCUT2D eigenvalue weighted by molar-refractivity contribution is 0.0791. The summed E-state index contributed by atoms with van der Waals surface area (Å²) in [5.41, 5.74) is 3.57. The number of carbonyl (C=O) groups excluding carboxylic acids is 1. The Morgan fingerprint density at radius 3 is 3.05 bits per heavy atom. The molecule has 0 bridgehead atoms. The number of hydrogen-bond acceptors (Lipinski definition) is 5. The molecule has 0 fully saturated rings. The molecule has 6 heteroatoms. The highest BCUT2D eigenvalue weighted by Crippen LogP contribution is 2.11. The van der Waals surface area contributed by atoms with E-state index in [1.807, 2.05) is 11.4 Å². The molecule has 0 unspecified atom stereocenters. The molecule has 100 valence electrons. The fourth-order valence-corrected chi connectivity index (χ4v) is 2.37. The summed E-state index contributed by atoms with van der Waals surface area (Å²) in [5, 5.41) is 2.04. The van der Waals surface area contributed by atoms with E-state index in [1.54, 1.807) is 41.6 Å². The number of nitrogens with two attached hydrogens (primary N) is 1. The van der Waals surface area contributed by atoms with Crippen LogP contribution in [0.15, 0.2) is 35.8 Å². The van der Waals surface area contributed by atoms with Gasteiger partial charge in [-0.15, -0.1) is 11.3 Å². The van der Waals surface area contributed by atoms with Crippen molar-refractivity contribution in [2.24, 2.45) is 5.84 Å². The number of nitrogen functional groups attached to an aromatic ring is 1. The Morgan fingerprint density at radius 1 is 1.53 bits per heavy atom. The normalized spacial score (nSPS) is 10.2. The number of pyridine rings is 1. The highest BCUT2D eigenvalue weighted by atomic mass is 32.1. The van der Waals surface area contributed by atoms with E-state index in [2.05, 4.69) is 16.5 Å². The molecule has 0 aliphatic rings. The third-order valence-corrected chi connectivity index (χ3v) is 3.70. The molecule has 0 spiro atoms. The number of nitrogens with one attached hydrogen (secondary N) is 1. The summed E-state index contributed by atoms with van der Waals surface area (Å²) in [6.07, 6.45) is 2.42. The fourth-order valence-electron chi connectivity index (χ4n) is 1.67. The minimum Gasteiger partial charge on any atom is -0.340 e. The number of nitrogens with zero attached hydrogens (tertiary/aromatic N) is 2. The maximum absolute atomic E-state index is 12.2. The molecule has 0 aliphatic carbocycles. The van der Waals surface area contributed by atoms with E-state index >= 15 is 0 Å². The number of carbonyl (C=O) groups is 1. The van der Waals surface area contributed by atoms with E-state index in [1.165, 1.54) is 4.88 Å². The molecular formula is C13H16N4OS. The average Bonchev–Trinajstić information content (AvgIpc) is 2.97. The summed E-state index contributed by atoms with van der Waals surface area (Å²) in [6.45, 7) is 0.668. The van der Waals surface area contributed by atoms with Crippen molar-refractivity contribution in [3.63, 3.8) is 0 Å². The van der Waals surface area contributed by atoms with Crippen LogP contribution in [0.4, 0.5) is 5.69 Å². The number of aromatic nitrogens is 1. The van der Waals surface area contributed by atoms with Gasteiger partial charge in [0.2, 0.25) is 0 Å². The Kier molecular flexibility index (Phi) is 4.48. The van der Waals surface area contributed by atoms with Crippen molar-refractivity contribution in [1.29, 1.82) is 0 Å². The van der Waals surface area contributed by atoms with Crippen molar-refractivity contribution in [3.8, 4) is 0 Å². The molecule has 3 N–H and O–H groups in total. The molecule has 2 aromatic rings. The van der Waals surface area contributed by atoms with Crippen LogP contribution in [0.25, 0.3) is 0 Å². The number of hydrogen-bond donors (Lipinski definition) is 2. The van der Waals surface area contributed by atoms with Crippen LogP contribution < -0.4 is 11.3 Å². The lowest BCUT2D eigenvalue weighted by Gasteiger charge is -2.16. The van der Waals surface area contributed by atoms with Crippen molar-refractivity contribution < 1.29 is 4.79 Å². The Bertz CT molecular complexity index is 541. The van der Waals surface area contributed by atoms with Crippen LogP contribution in [0.1, 0.15) is 15.4 Å². The topological polar surface area (TPSA) is 71.2 Å². The highest BCUT2D eigenvalue weighted by Gasteiger charge is 2.13. The summed E-state index contributed by atoms with van der Waals surface area (Å²) in [6, 6.07) is 7.44. The number of likely N-dealkylation sites (N-methyl/N-ethyl adjacent to an activating group) is 1. The number of amides is 1. The fraction of sp³-hybridized carbons (Fsp3) is 0.231. The van der Waals surface area contributed by atoms with Gasteiger partial charge in [-0.2, -0.15) is 0 Å². The first-order valence-corrected chi connectivity index (χ1v) is 6.79. The summed E-state index contributed by atoms with van der Waals surface area (Å²) in [5.74, 6) is 5.21. The molecule has 0 radical (unpaired) electrons. The van der Waals surface area contributed by atoms with Crippen LogP contribution >= 0.6 is 11.3 Å². The van der Waals surface area contributed by atoms with Gasteiger partial charge in [-0.05, 0) is 30.0 Å². The van der Waals surface area contributed by atoms with Crippen LogP contribution in [-0.4, -0.2) is 29.4 Å². The van der Waals surface area contributed by atoms with Crippen molar-refractivity contribution >= 4 is 22.9 Å². The van der Waals surface area contributed by atoms with Gasteiger partial charge in [0.1, 0.15) is 5.69 Å². The first kappa shape index (κ1) is 13.5. The molecule has 0 saturated carbocycles. The first-order valence-electron chi connectivity index (χ1n) is 5.91. The number of rotatable bonds is 5. The summed E-state index contributed by atoms with van der Waals surface area (Å²) < 4.78 is 0. The molecule has 19 heavy (non-hydrogen) atoms. The second kappa shape index (κ2) is 6.31. The van der Waals surface area contributed by atoms with Gasteiger partial charge in [0.15, 0.2) is 0 Å². The zero-order chi connectivity index (χ0) is 13.7. The molecule has 0 aromatic carbocycles. The Balaban J connectivity index is 1.97. The van der Waals surface area contributed by atoms with Crippen LogP contribution in [0.5, 0.6) is 0 Å². The molecule has 2 aromatic heterocycles. The monoisotopic (exact) mass is 276 g/mol. The lowest BCUT2D eigenvalue weighted by atomic mass is 10.2. The Morgan fingerprint density at radius 2 is 2.37 bits per heavy atom. The second-order valence-corrected chi connectivity index (χ2v) is 5.16. The van der Waals surface area contributed by atoms with Crippen molar-refractivity contribution in [2.45, 2.75) is 6.42 Å². The van der Waals surface area contributed by atoms with Gasteiger partial charge in [0.05, 0.1) is 5.69 Å². The van der Waals surface area contributed by atoms with Gasteiger partial charge in [-0.25, -0.2) is 0 Å². The molecule has 0 atom stereocenters. The van der Waals surface area contributed by atoms with Gasteiger partial charge in [0, 0.05) is 24.7 Å². The van der Waals surface area contributed by atoms with E-state index in [0.29, 0.717) is 17.9 Å². The number of anilines is 1. The van der Waals surface area contributed by atoms with Gasteiger partial charge in [-0.1, -0.05) is 6.07 Å². The second-order valence-electron chi connectivity index (χ2n) is 4.13. The van der Waals surface area contributed by atoms with Gasteiger partial charge in [0.25, 0.3) is 5.91 Å². The average molecular weight is 276 g/mol. The smallest absolute Gasteiger partial charge is 0.272 e. The number of thiophene rings is 1. The van der Waals surface area contributed by atoms with Crippen molar-refractivity contribution in [2.75, 3.05) is 19.0 Å². The van der Waals surface area contributed by atoms with E-state index in [4.69, 9.17) is 5.84 Å². The maximum atomic E-state index is 12.2. The van der Waals surface area contributed by atoms with Gasteiger partial charge < -0.3 is 10.3 Å². The van der Waals surface area contributed by atoms with Gasteiger partial charge in [-0.3, -0.25) is 15.6 Å². The zero-order valence-electron chi connectivity index (χ0n) is 10.7. The van der Waals surface area contributed by atoms with E-state index in [0.717, 1.165) is 6.42 Å². The van der Waals surface area contributed by atoms with E-state index in [-0.39, 0.29) is 5.91 Å². The molecule has 0 aliphatic heterocycles. The van der Waals surface area contributed by atoms with Crippen LogP contribution in [0.3, 0.4) is 0 Å². The molecule has 1 amide bonds. The Hall–Kier alpha value is -1.92. The van der Waals surface area contributed by atoms with E-state index in [9.17, 15) is 4.79 Å². The maximum Gasteiger partial charge on any atom is 0.272 e. The minimum atomic E-state index is -0.103. The third kappa shape index (κ3) is 3.52. The van der Waals surface area contributed by atoms with Crippen LogP contribution in [0, 0.1) is 0 Å². The molecule has 5 nitrogen and oxygen atoms in total. The van der Waals surface area contributed by atoms with Crippen molar-refractivity contribution in [1.82, 2.24) is 9.88 Å². The summed E-state index contributed by atoms with van der Waals surface area (Å²) in [4.78, 5) is 19.2.